The lowest BCUT2D eigenvalue weighted by molar-refractivity contribution is 1.13. The summed E-state index contributed by atoms with van der Waals surface area (Å²) in [5.41, 5.74) is 4.83. The van der Waals surface area contributed by atoms with Gasteiger partial charge in [-0.3, -0.25) is 4.40 Å². The van der Waals surface area contributed by atoms with Crippen LogP contribution in [0.2, 0.25) is 0 Å². The molecule has 0 aliphatic carbocycles. The monoisotopic (exact) mass is 301 g/mol. The van der Waals surface area contributed by atoms with Crippen LogP contribution in [0.5, 0.6) is 0 Å². The van der Waals surface area contributed by atoms with Gasteiger partial charge in [0.1, 0.15) is 5.65 Å². The number of benzene rings is 1. The smallest absolute Gasteiger partial charge is 0.227 e. The van der Waals surface area contributed by atoms with Gasteiger partial charge in [-0.25, -0.2) is 15.0 Å². The quantitative estimate of drug-likeness (QED) is 0.624. The van der Waals surface area contributed by atoms with Gasteiger partial charge in [0.2, 0.25) is 5.95 Å². The van der Waals surface area contributed by atoms with Crippen LogP contribution in [0.3, 0.4) is 0 Å². The molecule has 1 aromatic carbocycles. The van der Waals surface area contributed by atoms with Gasteiger partial charge in [-0.2, -0.15) is 0 Å². The predicted molar refractivity (Wildman–Crippen MR) is 90.7 cm³/mol. The van der Waals surface area contributed by atoms with Crippen LogP contribution in [0.15, 0.2) is 67.1 Å². The molecule has 1 N–H and O–H groups in total. The van der Waals surface area contributed by atoms with Gasteiger partial charge in [0, 0.05) is 18.1 Å². The average Bonchev–Trinajstić information content (AvgIpc) is 2.99. The second-order valence-electron chi connectivity index (χ2n) is 5.33. The van der Waals surface area contributed by atoms with Gasteiger partial charge < -0.3 is 5.32 Å². The predicted octanol–water partition coefficient (Wildman–Crippen LogP) is 3.84. The summed E-state index contributed by atoms with van der Waals surface area (Å²) in [5.74, 6) is 0.569. The third kappa shape index (κ3) is 2.64. The Hall–Kier alpha value is -3.21. The molecule has 0 radical (unpaired) electrons. The molecule has 5 heteroatoms. The summed E-state index contributed by atoms with van der Waals surface area (Å²) in [6.07, 6.45) is 5.56. The Labute approximate surface area is 133 Å². The first-order chi connectivity index (χ1) is 11.3. The molecule has 4 aromatic rings. The van der Waals surface area contributed by atoms with Crippen LogP contribution >= 0.6 is 0 Å². The summed E-state index contributed by atoms with van der Waals surface area (Å²) in [5, 5.41) is 3.24. The highest BCUT2D eigenvalue weighted by Gasteiger charge is 2.08. The number of nitrogens with zero attached hydrogens (tertiary/aromatic N) is 4. The van der Waals surface area contributed by atoms with E-state index >= 15 is 0 Å². The number of hydrogen-bond acceptors (Lipinski definition) is 4. The van der Waals surface area contributed by atoms with Crippen molar-refractivity contribution in [1.29, 1.82) is 0 Å². The first-order valence-electron chi connectivity index (χ1n) is 7.39. The van der Waals surface area contributed by atoms with Crippen molar-refractivity contribution in [3.63, 3.8) is 0 Å². The molecule has 23 heavy (non-hydrogen) atoms. The standard InChI is InChI=1S/C18H15N5/c1-13-5-4-6-14(11-13)21-18-19-9-8-15(22-18)16-12-20-17-7-2-3-10-23(16)17/h2-12H,1H3,(H,19,21,22). The zero-order valence-corrected chi connectivity index (χ0v) is 12.6. The Kier molecular flexibility index (Phi) is 3.24. The highest BCUT2D eigenvalue weighted by atomic mass is 15.1. The third-order valence-corrected chi connectivity index (χ3v) is 3.61. The minimum atomic E-state index is 0.569. The highest BCUT2D eigenvalue weighted by molar-refractivity contribution is 5.62. The Balaban J connectivity index is 1.71. The van der Waals surface area contributed by atoms with Crippen molar-refractivity contribution in [2.45, 2.75) is 6.92 Å². The summed E-state index contributed by atoms with van der Waals surface area (Å²) in [6, 6.07) is 15.9. The SMILES string of the molecule is Cc1cccc(Nc2nccc(-c3cnc4ccccn34)n2)c1. The van der Waals surface area contributed by atoms with E-state index in [0.717, 1.165) is 22.7 Å². The van der Waals surface area contributed by atoms with E-state index in [1.54, 1.807) is 6.20 Å². The molecular formula is C18H15N5. The number of anilines is 2. The van der Waals surface area contributed by atoms with E-state index in [2.05, 4.69) is 39.3 Å². The van der Waals surface area contributed by atoms with Crippen LogP contribution in [0, 0.1) is 6.92 Å². The zero-order valence-electron chi connectivity index (χ0n) is 12.6. The number of rotatable bonds is 3. The number of aryl methyl sites for hydroxylation is 1. The fraction of sp³-hybridized carbons (Fsp3) is 0.0556. The molecule has 3 heterocycles. The van der Waals surface area contributed by atoms with E-state index < -0.39 is 0 Å². The Morgan fingerprint density at radius 2 is 1.96 bits per heavy atom. The maximum absolute atomic E-state index is 4.61. The van der Waals surface area contributed by atoms with Gasteiger partial charge in [-0.1, -0.05) is 18.2 Å². The molecule has 0 amide bonds. The van der Waals surface area contributed by atoms with Crippen LogP contribution < -0.4 is 5.32 Å². The summed E-state index contributed by atoms with van der Waals surface area (Å²) < 4.78 is 2.01. The van der Waals surface area contributed by atoms with E-state index in [0.29, 0.717) is 5.95 Å². The molecule has 0 aliphatic heterocycles. The van der Waals surface area contributed by atoms with Gasteiger partial charge >= 0.3 is 0 Å². The molecular weight excluding hydrogens is 286 g/mol. The van der Waals surface area contributed by atoms with Gasteiger partial charge in [-0.15, -0.1) is 0 Å². The van der Waals surface area contributed by atoms with Crippen LogP contribution in [0.4, 0.5) is 11.6 Å². The van der Waals surface area contributed by atoms with Crippen molar-refractivity contribution in [1.82, 2.24) is 19.4 Å². The van der Waals surface area contributed by atoms with Crippen molar-refractivity contribution < 1.29 is 0 Å². The third-order valence-electron chi connectivity index (χ3n) is 3.61. The fourth-order valence-corrected chi connectivity index (χ4v) is 2.54. The lowest BCUT2D eigenvalue weighted by atomic mass is 10.2. The summed E-state index contributed by atoms with van der Waals surface area (Å²) in [4.78, 5) is 13.3. The van der Waals surface area contributed by atoms with E-state index in [1.165, 1.54) is 5.56 Å². The van der Waals surface area contributed by atoms with Crippen molar-refractivity contribution in [2.75, 3.05) is 5.32 Å². The Morgan fingerprint density at radius 1 is 1.00 bits per heavy atom. The molecule has 0 aliphatic rings. The molecule has 5 nitrogen and oxygen atoms in total. The number of pyridine rings is 1. The van der Waals surface area contributed by atoms with Gasteiger partial charge in [0.15, 0.2) is 0 Å². The number of imidazole rings is 1. The highest BCUT2D eigenvalue weighted by Crippen LogP contribution is 2.21. The number of nitrogens with one attached hydrogen (secondary N) is 1. The first kappa shape index (κ1) is 13.5. The molecule has 0 fully saturated rings. The molecule has 4 rings (SSSR count). The van der Waals surface area contributed by atoms with Crippen LogP contribution in [-0.2, 0) is 0 Å². The molecule has 0 saturated carbocycles. The van der Waals surface area contributed by atoms with E-state index in [-0.39, 0.29) is 0 Å². The van der Waals surface area contributed by atoms with Crippen molar-refractivity contribution in [3.8, 4) is 11.4 Å². The van der Waals surface area contributed by atoms with Crippen molar-refractivity contribution in [3.05, 3.63) is 72.7 Å². The molecule has 0 saturated heterocycles. The maximum Gasteiger partial charge on any atom is 0.227 e. The van der Waals surface area contributed by atoms with Gasteiger partial charge in [0.25, 0.3) is 0 Å². The van der Waals surface area contributed by atoms with E-state index in [4.69, 9.17) is 0 Å². The van der Waals surface area contributed by atoms with Gasteiger partial charge in [-0.05, 0) is 42.8 Å². The summed E-state index contributed by atoms with van der Waals surface area (Å²) in [7, 11) is 0. The molecule has 3 aromatic heterocycles. The lowest BCUT2D eigenvalue weighted by Gasteiger charge is -2.07. The first-order valence-corrected chi connectivity index (χ1v) is 7.39. The Bertz CT molecular complexity index is 974. The topological polar surface area (TPSA) is 55.1 Å². The Morgan fingerprint density at radius 3 is 2.87 bits per heavy atom. The van der Waals surface area contributed by atoms with Crippen molar-refractivity contribution in [2.24, 2.45) is 0 Å². The van der Waals surface area contributed by atoms with Crippen LogP contribution in [0.25, 0.3) is 17.0 Å². The average molecular weight is 301 g/mol. The minimum Gasteiger partial charge on any atom is -0.324 e. The zero-order chi connectivity index (χ0) is 15.6. The normalized spacial score (nSPS) is 10.8. The largest absolute Gasteiger partial charge is 0.324 e. The fourth-order valence-electron chi connectivity index (χ4n) is 2.54. The maximum atomic E-state index is 4.61. The minimum absolute atomic E-state index is 0.569. The molecule has 0 spiro atoms. The van der Waals surface area contributed by atoms with Crippen molar-refractivity contribution >= 4 is 17.3 Å². The van der Waals surface area contributed by atoms with E-state index in [1.807, 2.05) is 53.2 Å². The van der Waals surface area contributed by atoms with Crippen LogP contribution in [-0.4, -0.2) is 19.4 Å². The molecule has 0 atom stereocenters. The summed E-state index contributed by atoms with van der Waals surface area (Å²) in [6.45, 7) is 2.06. The van der Waals surface area contributed by atoms with E-state index in [9.17, 15) is 0 Å². The van der Waals surface area contributed by atoms with Crippen LogP contribution in [0.1, 0.15) is 5.56 Å². The number of fused-ring (bicyclic) bond motifs is 1. The number of aromatic nitrogens is 4. The molecule has 112 valence electrons. The molecule has 0 unspecified atom stereocenters. The lowest BCUT2D eigenvalue weighted by Crippen LogP contribution is -1.99. The second-order valence-corrected chi connectivity index (χ2v) is 5.33. The molecule has 0 bridgehead atoms. The second kappa shape index (κ2) is 5.53. The summed E-state index contributed by atoms with van der Waals surface area (Å²) >= 11 is 0. The number of hydrogen-bond donors (Lipinski definition) is 1. The van der Waals surface area contributed by atoms with Gasteiger partial charge in [0.05, 0.1) is 17.6 Å².